The van der Waals surface area contributed by atoms with Gasteiger partial charge in [0, 0.05) is 39.3 Å². The minimum Gasteiger partial charge on any atom is -0.363 e. The summed E-state index contributed by atoms with van der Waals surface area (Å²) in [7, 11) is 0. The molecule has 2 aliphatic rings. The molecule has 3 aromatic rings. The Kier molecular flexibility index (Phi) is 9.86. The number of halogens is 7. The minimum absolute atomic E-state index is 0. The number of aromatic nitrogens is 4. The van der Waals surface area contributed by atoms with Gasteiger partial charge in [-0.05, 0) is 43.0 Å². The van der Waals surface area contributed by atoms with Crippen LogP contribution in [0, 0.1) is 0 Å². The number of nitrogens with zero attached hydrogens (tertiary/aromatic N) is 6. The monoisotopic (exact) mass is 650 g/mol. The molecule has 1 amide bonds. The van der Waals surface area contributed by atoms with Gasteiger partial charge >= 0.3 is 6.18 Å². The summed E-state index contributed by atoms with van der Waals surface area (Å²) in [4.78, 5) is 35.2. The maximum absolute atomic E-state index is 13.8. The van der Waals surface area contributed by atoms with E-state index in [-0.39, 0.29) is 72.9 Å². The number of piperazine rings is 1. The van der Waals surface area contributed by atoms with Crippen LogP contribution in [0.15, 0.2) is 34.6 Å². The maximum Gasteiger partial charge on any atom is 0.416 e. The standard InChI is InChI=1S/C26H28ClF5N8O2.ClH/c1-2-19-21(37-11-7-33-8-12-37)23(42)40-25(35-24(36-40)38-9-5-15(6-10-38)22(28)29)39(19)14-20(41)34-18-4-3-16(13-17(18)27)26(30,31)32;/h3-4,13,33H,2,5-12,14H2,1H3,(H,34,41);1H. The number of benzene rings is 1. The predicted molar refractivity (Wildman–Crippen MR) is 155 cm³/mol. The number of fused-ring (bicyclic) bond motifs is 1. The highest BCUT2D eigenvalue weighted by atomic mass is 35.5. The second-order valence-electron chi connectivity index (χ2n) is 9.99. The highest BCUT2D eigenvalue weighted by Gasteiger charge is 2.31. The number of carbonyl (C=O) groups is 1. The highest BCUT2D eigenvalue weighted by Crippen LogP contribution is 2.34. The van der Waals surface area contributed by atoms with E-state index in [4.69, 9.17) is 11.6 Å². The predicted octanol–water partition coefficient (Wildman–Crippen LogP) is 4.35. The van der Waals surface area contributed by atoms with Crippen molar-refractivity contribution >= 4 is 53.0 Å². The first-order valence-electron chi connectivity index (χ1n) is 13.4. The van der Waals surface area contributed by atoms with Crippen molar-refractivity contribution in [1.82, 2.24) is 24.5 Å². The van der Waals surface area contributed by atoms with Crippen LogP contribution in [0.5, 0.6) is 0 Å². The molecule has 0 spiro atoms. The normalized spacial score (nSPS) is 15.9. The average molecular weight is 651 g/mol. The van der Waals surface area contributed by atoms with Crippen molar-refractivity contribution in [2.24, 2.45) is 0 Å². The lowest BCUT2D eigenvalue weighted by molar-refractivity contribution is -0.137. The summed E-state index contributed by atoms with van der Waals surface area (Å²) >= 11 is 6.05. The number of piperidine rings is 1. The molecule has 4 heterocycles. The Hall–Kier alpha value is -3.43. The van der Waals surface area contributed by atoms with Gasteiger partial charge < -0.3 is 25.0 Å². The van der Waals surface area contributed by atoms with Crippen LogP contribution >= 0.6 is 24.0 Å². The molecule has 1 aromatic carbocycles. The zero-order valence-corrected chi connectivity index (χ0v) is 24.6. The lowest BCUT2D eigenvalue weighted by atomic mass is 10.1. The summed E-state index contributed by atoms with van der Waals surface area (Å²) in [6, 6.07) is 2.62. The largest absolute Gasteiger partial charge is 0.416 e. The van der Waals surface area contributed by atoms with Gasteiger partial charge in [0.1, 0.15) is 12.2 Å². The summed E-state index contributed by atoms with van der Waals surface area (Å²) in [5.74, 6) is -0.360. The second-order valence-corrected chi connectivity index (χ2v) is 10.4. The first-order chi connectivity index (χ1) is 20.0. The van der Waals surface area contributed by atoms with Gasteiger partial charge in [0.05, 0.1) is 22.0 Å². The van der Waals surface area contributed by atoms with E-state index in [1.807, 2.05) is 11.8 Å². The summed E-state index contributed by atoms with van der Waals surface area (Å²) in [6.07, 6.45) is -5.67. The Labute approximate surface area is 253 Å². The third kappa shape index (κ3) is 6.73. The molecule has 17 heteroatoms. The van der Waals surface area contributed by atoms with Gasteiger partial charge in [-0.15, -0.1) is 17.5 Å². The number of amides is 1. The summed E-state index contributed by atoms with van der Waals surface area (Å²) < 4.78 is 68.0. The van der Waals surface area contributed by atoms with E-state index in [1.165, 1.54) is 0 Å². The molecule has 2 N–H and O–H groups in total. The number of alkyl halides is 3. The molecular weight excluding hydrogens is 622 g/mol. The fraction of sp³-hybridized carbons (Fsp3) is 0.462. The van der Waals surface area contributed by atoms with Gasteiger partial charge in [-0.3, -0.25) is 9.59 Å². The molecule has 0 saturated carbocycles. The van der Waals surface area contributed by atoms with Crippen LogP contribution in [-0.4, -0.2) is 64.3 Å². The molecule has 0 bridgehead atoms. The first-order valence-corrected chi connectivity index (χ1v) is 13.8. The zero-order chi connectivity index (χ0) is 30.2. The molecule has 0 radical (unpaired) electrons. The van der Waals surface area contributed by atoms with Gasteiger partial charge in [-0.1, -0.05) is 18.5 Å². The Balaban J connectivity index is 0.00000423. The Morgan fingerprint density at radius 2 is 1.77 bits per heavy atom. The fourth-order valence-corrected chi connectivity index (χ4v) is 5.46. The van der Waals surface area contributed by atoms with E-state index in [2.05, 4.69) is 20.7 Å². The van der Waals surface area contributed by atoms with Crippen LogP contribution in [0.4, 0.5) is 39.3 Å². The van der Waals surface area contributed by atoms with E-state index < -0.39 is 29.3 Å². The molecule has 2 aromatic heterocycles. The maximum atomic E-state index is 13.8. The molecule has 10 nitrogen and oxygen atoms in total. The molecule has 2 aliphatic heterocycles. The lowest BCUT2D eigenvalue weighted by Crippen LogP contribution is -2.47. The van der Waals surface area contributed by atoms with E-state index in [0.717, 1.165) is 22.7 Å². The van der Waals surface area contributed by atoms with Crippen molar-refractivity contribution in [3.8, 4) is 0 Å². The van der Waals surface area contributed by atoms with E-state index >= 15 is 0 Å². The van der Waals surface area contributed by atoms with Crippen molar-refractivity contribution in [3.05, 3.63) is 56.5 Å². The number of carbonyl (C=O) groups excluding carboxylic acids is 1. The Morgan fingerprint density at radius 3 is 2.35 bits per heavy atom. The number of hydrogen-bond acceptors (Lipinski definition) is 7. The van der Waals surface area contributed by atoms with Crippen LogP contribution in [0.2, 0.25) is 5.02 Å². The second kappa shape index (κ2) is 13.1. The van der Waals surface area contributed by atoms with Crippen LogP contribution in [0.25, 0.3) is 5.78 Å². The van der Waals surface area contributed by atoms with Gasteiger partial charge in [-0.2, -0.15) is 31.5 Å². The summed E-state index contributed by atoms with van der Waals surface area (Å²) in [6.45, 7) is 4.32. The van der Waals surface area contributed by atoms with Crippen molar-refractivity contribution in [3.63, 3.8) is 0 Å². The molecule has 234 valence electrons. The van der Waals surface area contributed by atoms with Crippen LogP contribution in [0.3, 0.4) is 0 Å². The zero-order valence-electron chi connectivity index (χ0n) is 23.0. The topological polar surface area (TPSA) is 99.8 Å². The number of hydrogen-bond donors (Lipinski definition) is 2. The van der Waals surface area contributed by atoms with Gasteiger partial charge in [-0.25, -0.2) is 0 Å². The van der Waals surface area contributed by atoms with E-state index in [1.54, 1.807) is 9.47 Å². The fourth-order valence-electron chi connectivity index (χ4n) is 5.23. The van der Waals surface area contributed by atoms with Crippen molar-refractivity contribution < 1.29 is 26.7 Å². The Bertz CT molecular complexity index is 1590. The number of anilines is 3. The van der Waals surface area contributed by atoms with Crippen LogP contribution in [0.1, 0.15) is 31.0 Å². The van der Waals surface area contributed by atoms with Crippen LogP contribution < -0.4 is 26.0 Å². The quantitative estimate of drug-likeness (QED) is 0.383. The first kappa shape index (κ1) is 32.5. The SMILES string of the molecule is CCc1c(N2CCNCC2)c(=O)n2nc(N3CCC(=C(F)F)CC3)nc2n1CC(=O)Nc1ccc(C(F)(F)F)cc1Cl.Cl. The lowest BCUT2D eigenvalue weighted by Gasteiger charge is -2.31. The van der Waals surface area contributed by atoms with Crippen molar-refractivity contribution in [2.75, 3.05) is 54.4 Å². The molecule has 43 heavy (non-hydrogen) atoms. The third-order valence-electron chi connectivity index (χ3n) is 7.37. The molecule has 0 aliphatic carbocycles. The molecular formula is C26H29Cl2F5N8O2. The van der Waals surface area contributed by atoms with Crippen LogP contribution in [-0.2, 0) is 23.9 Å². The van der Waals surface area contributed by atoms with Gasteiger partial charge in [0.25, 0.3) is 11.6 Å². The average Bonchev–Trinajstić information content (AvgIpc) is 3.41. The van der Waals surface area contributed by atoms with Crippen molar-refractivity contribution in [2.45, 2.75) is 38.9 Å². The smallest absolute Gasteiger partial charge is 0.363 e. The number of nitrogens with one attached hydrogen (secondary N) is 2. The van der Waals surface area contributed by atoms with Gasteiger partial charge in [0.15, 0.2) is 0 Å². The third-order valence-corrected chi connectivity index (χ3v) is 7.68. The molecule has 5 rings (SSSR count). The molecule has 2 saturated heterocycles. The molecule has 0 atom stereocenters. The van der Waals surface area contributed by atoms with Crippen molar-refractivity contribution in [1.29, 1.82) is 0 Å². The Morgan fingerprint density at radius 1 is 1.09 bits per heavy atom. The van der Waals surface area contributed by atoms with E-state index in [0.29, 0.717) is 44.0 Å². The summed E-state index contributed by atoms with van der Waals surface area (Å²) in [5.41, 5.74) is -0.407. The molecule has 2 fully saturated rings. The molecule has 0 unspecified atom stereocenters. The number of rotatable bonds is 6. The minimum atomic E-state index is -4.60. The summed E-state index contributed by atoms with van der Waals surface area (Å²) in [5, 5.41) is 9.93. The highest BCUT2D eigenvalue weighted by molar-refractivity contribution is 6.33. The van der Waals surface area contributed by atoms with Gasteiger partial charge in [0.2, 0.25) is 17.6 Å². The van der Waals surface area contributed by atoms with E-state index in [9.17, 15) is 31.5 Å².